The van der Waals surface area contributed by atoms with Crippen molar-refractivity contribution in [2.75, 3.05) is 0 Å². The van der Waals surface area contributed by atoms with Crippen LogP contribution in [0.4, 0.5) is 0 Å². The molecule has 0 saturated heterocycles. The van der Waals surface area contributed by atoms with Crippen molar-refractivity contribution in [3.8, 4) is 0 Å². The fourth-order valence-electron chi connectivity index (χ4n) is 1.70. The zero-order valence-corrected chi connectivity index (χ0v) is 13.8. The molecular weight excluding hydrogens is 256 g/mol. The summed E-state index contributed by atoms with van der Waals surface area (Å²) < 4.78 is 1.28. The van der Waals surface area contributed by atoms with Gasteiger partial charge in [0.05, 0.1) is 0 Å². The van der Waals surface area contributed by atoms with Crippen molar-refractivity contribution in [2.24, 2.45) is 0 Å². The number of hydrogen-bond donors (Lipinski definition) is 1. The van der Waals surface area contributed by atoms with E-state index < -0.39 is 0 Å². The van der Waals surface area contributed by atoms with Crippen molar-refractivity contribution in [1.29, 1.82) is 0 Å². The first-order valence-electron chi connectivity index (χ1n) is 6.63. The van der Waals surface area contributed by atoms with Crippen LogP contribution in [-0.4, -0.2) is 0 Å². The van der Waals surface area contributed by atoms with E-state index >= 15 is 0 Å². The Morgan fingerprint density at radius 1 is 1.22 bits per heavy atom. The molecule has 100 valence electrons. The zero-order chi connectivity index (χ0) is 14.1. The highest BCUT2D eigenvalue weighted by molar-refractivity contribution is 7.80. The third-order valence-electron chi connectivity index (χ3n) is 2.37. The van der Waals surface area contributed by atoms with E-state index in [0.717, 1.165) is 11.3 Å². The second-order valence-corrected chi connectivity index (χ2v) is 4.69. The third-order valence-corrected chi connectivity index (χ3v) is 4.17. The third kappa shape index (κ3) is 3.63. The van der Waals surface area contributed by atoms with Gasteiger partial charge in [0.2, 0.25) is 0 Å². The molecule has 1 aromatic carbocycles. The molecule has 0 saturated carbocycles. The van der Waals surface area contributed by atoms with E-state index in [1.165, 1.54) is 20.5 Å². The normalized spacial score (nSPS) is 9.00. The molecule has 2 aromatic rings. The number of fused-ring (bicyclic) bond motifs is 1. The van der Waals surface area contributed by atoms with Gasteiger partial charge in [-0.3, -0.25) is 0 Å². The molecule has 0 radical (unpaired) electrons. The van der Waals surface area contributed by atoms with Gasteiger partial charge in [-0.05, 0) is 23.4 Å². The van der Waals surface area contributed by atoms with Gasteiger partial charge >= 0.3 is 0 Å². The Morgan fingerprint density at radius 2 is 1.83 bits per heavy atom. The van der Waals surface area contributed by atoms with Crippen LogP contribution in [0.3, 0.4) is 0 Å². The topological polar surface area (TPSA) is 0 Å². The van der Waals surface area contributed by atoms with Gasteiger partial charge in [-0.25, -0.2) is 0 Å². The minimum absolute atomic E-state index is 1.05. The summed E-state index contributed by atoms with van der Waals surface area (Å²) in [6.45, 7) is 14.0. The smallest absolute Gasteiger partial charge is 0.0485 e. The first-order chi connectivity index (χ1) is 8.77. The Bertz CT molecular complexity index is 481. The number of hydrogen-bond acceptors (Lipinski definition) is 2. The largest absolute Gasteiger partial charge is 0.142 e. The summed E-state index contributed by atoms with van der Waals surface area (Å²) in [5, 5.41) is 1.33. The van der Waals surface area contributed by atoms with Gasteiger partial charge < -0.3 is 0 Å². The quantitative estimate of drug-likeness (QED) is 0.601. The highest BCUT2D eigenvalue weighted by Gasteiger charge is 2.09. The number of aryl methyl sites for hydroxylation is 1. The number of benzene rings is 1. The predicted molar refractivity (Wildman–Crippen MR) is 91.2 cm³/mol. The summed E-state index contributed by atoms with van der Waals surface area (Å²) in [6.07, 6.45) is 3.00. The lowest BCUT2D eigenvalue weighted by Crippen LogP contribution is -1.79. The molecule has 0 fully saturated rings. The van der Waals surface area contributed by atoms with E-state index in [-0.39, 0.29) is 0 Å². The molecule has 0 bridgehead atoms. The molecule has 0 aliphatic heterocycles. The maximum Gasteiger partial charge on any atom is 0.0485 e. The van der Waals surface area contributed by atoms with Gasteiger partial charge in [-0.2, -0.15) is 0 Å². The Balaban J connectivity index is 0.000000659. The molecule has 2 rings (SSSR count). The second-order valence-electron chi connectivity index (χ2n) is 3.16. The average molecular weight is 281 g/mol. The van der Waals surface area contributed by atoms with Crippen LogP contribution in [0.5, 0.6) is 0 Å². The Kier molecular flexibility index (Phi) is 8.86. The summed E-state index contributed by atoms with van der Waals surface area (Å²) in [5.41, 5.74) is 1.40. The van der Waals surface area contributed by atoms with E-state index in [0.29, 0.717) is 0 Å². The monoisotopic (exact) mass is 280 g/mol. The molecule has 0 unspecified atom stereocenters. The first kappa shape index (κ1) is 17.3. The van der Waals surface area contributed by atoms with Crippen molar-refractivity contribution in [3.63, 3.8) is 0 Å². The highest BCUT2D eigenvalue weighted by atomic mass is 32.1. The van der Waals surface area contributed by atoms with Crippen LogP contribution < -0.4 is 0 Å². The van der Waals surface area contributed by atoms with E-state index in [1.807, 2.05) is 39.8 Å². The van der Waals surface area contributed by atoms with Gasteiger partial charge in [-0.1, -0.05) is 59.4 Å². The van der Waals surface area contributed by atoms with E-state index in [4.69, 9.17) is 0 Å². The van der Waals surface area contributed by atoms with Crippen LogP contribution in [0.1, 0.15) is 45.1 Å². The molecule has 2 heteroatoms. The average Bonchev–Trinajstić information content (AvgIpc) is 2.82. The fraction of sp³-hybridized carbons (Fsp3) is 0.375. The molecule has 1 heterocycles. The molecule has 0 aliphatic rings. The van der Waals surface area contributed by atoms with Gasteiger partial charge in [-0.15, -0.1) is 24.0 Å². The predicted octanol–water partition coefficient (Wildman–Crippen LogP) is 6.45. The van der Waals surface area contributed by atoms with Crippen molar-refractivity contribution in [2.45, 2.75) is 45.9 Å². The maximum absolute atomic E-state index is 4.46. The SMILES string of the molecule is C=Cc1sc2c(S)cccc2c1CC.CC.CC. The van der Waals surface area contributed by atoms with Gasteiger partial charge in [0, 0.05) is 14.5 Å². The molecule has 18 heavy (non-hydrogen) atoms. The second kappa shape index (κ2) is 9.23. The van der Waals surface area contributed by atoms with E-state index in [9.17, 15) is 0 Å². The minimum Gasteiger partial charge on any atom is -0.142 e. The number of rotatable bonds is 2. The fourth-order valence-corrected chi connectivity index (χ4v) is 3.20. The van der Waals surface area contributed by atoms with Crippen molar-refractivity contribution >= 4 is 40.1 Å². The van der Waals surface area contributed by atoms with Crippen LogP contribution in [0, 0.1) is 0 Å². The Labute approximate surface area is 121 Å². The summed E-state index contributed by atoms with van der Waals surface area (Å²) >= 11 is 6.25. The summed E-state index contributed by atoms with van der Waals surface area (Å²) in [6, 6.07) is 6.26. The maximum atomic E-state index is 4.46. The molecule has 0 N–H and O–H groups in total. The molecule has 0 amide bonds. The minimum atomic E-state index is 1.05. The Morgan fingerprint density at radius 3 is 2.33 bits per heavy atom. The lowest BCUT2D eigenvalue weighted by atomic mass is 10.1. The lowest BCUT2D eigenvalue weighted by molar-refractivity contribution is 1.17. The van der Waals surface area contributed by atoms with E-state index in [2.05, 4.69) is 38.3 Å². The number of thiophene rings is 1. The molecule has 0 aliphatic carbocycles. The van der Waals surface area contributed by atoms with E-state index in [1.54, 1.807) is 11.3 Å². The van der Waals surface area contributed by atoms with Crippen LogP contribution in [-0.2, 0) is 6.42 Å². The van der Waals surface area contributed by atoms with Crippen molar-refractivity contribution in [3.05, 3.63) is 35.2 Å². The highest BCUT2D eigenvalue weighted by Crippen LogP contribution is 2.35. The molecule has 0 atom stereocenters. The number of thiol groups is 1. The molecule has 0 nitrogen and oxygen atoms in total. The van der Waals surface area contributed by atoms with Gasteiger partial charge in [0.25, 0.3) is 0 Å². The van der Waals surface area contributed by atoms with Crippen LogP contribution in [0.15, 0.2) is 29.7 Å². The van der Waals surface area contributed by atoms with Crippen LogP contribution >= 0.6 is 24.0 Å². The first-order valence-corrected chi connectivity index (χ1v) is 7.90. The summed E-state index contributed by atoms with van der Waals surface area (Å²) in [7, 11) is 0. The zero-order valence-electron chi connectivity index (χ0n) is 12.1. The van der Waals surface area contributed by atoms with Gasteiger partial charge in [0.15, 0.2) is 0 Å². The van der Waals surface area contributed by atoms with Crippen molar-refractivity contribution in [1.82, 2.24) is 0 Å². The van der Waals surface area contributed by atoms with Crippen LogP contribution in [0.2, 0.25) is 0 Å². The van der Waals surface area contributed by atoms with Crippen LogP contribution in [0.25, 0.3) is 16.2 Å². The lowest BCUT2D eigenvalue weighted by Gasteiger charge is -1.96. The molecule has 1 aromatic heterocycles. The molecule has 0 spiro atoms. The standard InChI is InChI=1S/C12H12S2.2C2H6/c1-3-8-9-6-5-7-10(13)12(9)14-11(8)4-2;2*1-2/h4-7,13H,2-3H2,1H3;2*1-2H3. The van der Waals surface area contributed by atoms with Crippen molar-refractivity contribution < 1.29 is 0 Å². The molecular formula is C16H24S2. The summed E-state index contributed by atoms with van der Waals surface area (Å²) in [5.74, 6) is 0. The Hall–Kier alpha value is -0.730. The summed E-state index contributed by atoms with van der Waals surface area (Å²) in [4.78, 5) is 2.35. The van der Waals surface area contributed by atoms with Gasteiger partial charge in [0.1, 0.15) is 0 Å².